The van der Waals surface area contributed by atoms with Crippen LogP contribution < -0.4 is 10.6 Å². The van der Waals surface area contributed by atoms with Gasteiger partial charge in [-0.05, 0) is 59.0 Å². The summed E-state index contributed by atoms with van der Waals surface area (Å²) in [6.45, 7) is 2.00. The predicted octanol–water partition coefficient (Wildman–Crippen LogP) is 5.84. The Morgan fingerprint density at radius 2 is 1.39 bits per heavy atom. The molecular weight excluding hydrogens is 520 g/mol. The van der Waals surface area contributed by atoms with E-state index in [9.17, 15) is 19.5 Å². The molecule has 8 nitrogen and oxygen atoms in total. The Hall–Kier alpha value is -4.95. The van der Waals surface area contributed by atoms with Crippen molar-refractivity contribution in [2.45, 2.75) is 31.6 Å². The van der Waals surface area contributed by atoms with Crippen molar-refractivity contribution < 1.29 is 29.0 Å². The van der Waals surface area contributed by atoms with Gasteiger partial charge in [0.15, 0.2) is 6.04 Å². The maximum atomic E-state index is 12.8. The summed E-state index contributed by atoms with van der Waals surface area (Å²) < 4.78 is 11.3. The van der Waals surface area contributed by atoms with Gasteiger partial charge in [-0.2, -0.15) is 0 Å². The second-order valence-electron chi connectivity index (χ2n) is 9.82. The van der Waals surface area contributed by atoms with Crippen LogP contribution >= 0.6 is 0 Å². The molecule has 0 bridgehead atoms. The van der Waals surface area contributed by atoms with Crippen LogP contribution in [0.25, 0.3) is 11.1 Å². The van der Waals surface area contributed by atoms with Crippen LogP contribution in [0.3, 0.4) is 0 Å². The van der Waals surface area contributed by atoms with Gasteiger partial charge in [-0.3, -0.25) is 10.1 Å². The second-order valence-corrected chi connectivity index (χ2v) is 9.82. The van der Waals surface area contributed by atoms with Gasteiger partial charge in [0.2, 0.25) is 0 Å². The molecule has 208 valence electrons. The molecule has 2 atom stereocenters. The number of fused-ring (bicyclic) bond motifs is 3. The molecule has 0 aromatic heterocycles. The first-order chi connectivity index (χ1) is 19.9. The Morgan fingerprint density at radius 1 is 0.805 bits per heavy atom. The van der Waals surface area contributed by atoms with E-state index in [1.165, 1.54) is 12.1 Å². The van der Waals surface area contributed by atoms with Gasteiger partial charge in [-0.1, -0.05) is 78.9 Å². The number of hydrogen-bond donors (Lipinski definition) is 3. The molecule has 8 heteroatoms. The van der Waals surface area contributed by atoms with Crippen LogP contribution in [-0.4, -0.2) is 41.8 Å². The van der Waals surface area contributed by atoms with E-state index in [0.717, 1.165) is 27.8 Å². The van der Waals surface area contributed by atoms with Crippen LogP contribution in [0.1, 0.15) is 39.9 Å². The summed E-state index contributed by atoms with van der Waals surface area (Å²) in [5, 5.41) is 14.9. The number of amides is 2. The molecule has 0 saturated carbocycles. The van der Waals surface area contributed by atoms with Gasteiger partial charge < -0.3 is 19.9 Å². The van der Waals surface area contributed by atoms with Gasteiger partial charge in [0.1, 0.15) is 6.61 Å². The van der Waals surface area contributed by atoms with Crippen molar-refractivity contribution >= 4 is 23.7 Å². The number of nitrogens with one attached hydrogen (secondary N) is 2. The molecule has 0 saturated heterocycles. The molecule has 2 amide bonds. The zero-order valence-corrected chi connectivity index (χ0v) is 22.4. The van der Waals surface area contributed by atoms with Crippen LogP contribution in [0.5, 0.6) is 0 Å². The predicted molar refractivity (Wildman–Crippen MR) is 155 cm³/mol. The lowest BCUT2D eigenvalue weighted by Gasteiger charge is -2.22. The molecule has 0 unspecified atom stereocenters. The maximum Gasteiger partial charge on any atom is 0.411 e. The van der Waals surface area contributed by atoms with Crippen molar-refractivity contribution in [2.75, 3.05) is 11.9 Å². The van der Waals surface area contributed by atoms with Crippen molar-refractivity contribution in [1.29, 1.82) is 0 Å². The number of carbonyl (C=O) groups is 3. The minimum Gasteiger partial charge on any atom is -0.480 e. The fourth-order valence-corrected chi connectivity index (χ4v) is 4.96. The minimum absolute atomic E-state index is 0.0551. The molecule has 3 N–H and O–H groups in total. The van der Waals surface area contributed by atoms with Crippen molar-refractivity contribution in [1.82, 2.24) is 5.32 Å². The highest BCUT2D eigenvalue weighted by atomic mass is 16.5. The maximum absolute atomic E-state index is 12.8. The lowest BCUT2D eigenvalue weighted by Crippen LogP contribution is -2.48. The number of carboxylic acids is 1. The van der Waals surface area contributed by atoms with Crippen molar-refractivity contribution in [3.63, 3.8) is 0 Å². The lowest BCUT2D eigenvalue weighted by molar-refractivity contribution is -0.143. The summed E-state index contributed by atoms with van der Waals surface area (Å²) >= 11 is 0. The number of carbonyl (C=O) groups excluding carboxylic acids is 2. The average molecular weight is 551 g/mol. The first-order valence-corrected chi connectivity index (χ1v) is 13.3. The van der Waals surface area contributed by atoms with Crippen LogP contribution in [0.15, 0.2) is 103 Å². The number of carboxylic acid groups (broad SMARTS) is 1. The van der Waals surface area contributed by atoms with E-state index in [1.54, 1.807) is 19.1 Å². The lowest BCUT2D eigenvalue weighted by atomic mass is 9.98. The molecule has 1 aliphatic carbocycles. The van der Waals surface area contributed by atoms with Crippen LogP contribution in [0, 0.1) is 0 Å². The smallest absolute Gasteiger partial charge is 0.411 e. The number of aliphatic carboxylic acids is 1. The van der Waals surface area contributed by atoms with E-state index in [-0.39, 0.29) is 24.7 Å². The summed E-state index contributed by atoms with van der Waals surface area (Å²) in [6.07, 6.45) is -1.38. The molecule has 4 aromatic rings. The van der Waals surface area contributed by atoms with Crippen LogP contribution in [0.2, 0.25) is 0 Å². The largest absolute Gasteiger partial charge is 0.480 e. The van der Waals surface area contributed by atoms with Gasteiger partial charge in [0, 0.05) is 17.2 Å². The van der Waals surface area contributed by atoms with Gasteiger partial charge in [-0.15, -0.1) is 0 Å². The summed E-state index contributed by atoms with van der Waals surface area (Å²) in [6, 6.07) is 30.4. The summed E-state index contributed by atoms with van der Waals surface area (Å²) in [5.74, 6) is -1.83. The van der Waals surface area contributed by atoms with Crippen LogP contribution in [-0.2, 0) is 20.9 Å². The van der Waals surface area contributed by atoms with E-state index in [0.29, 0.717) is 5.69 Å². The minimum atomic E-state index is -1.25. The monoisotopic (exact) mass is 550 g/mol. The third-order valence-electron chi connectivity index (χ3n) is 7.11. The first kappa shape index (κ1) is 27.6. The number of hydrogen-bond acceptors (Lipinski definition) is 5. The Bertz CT molecular complexity index is 1490. The quantitative estimate of drug-likeness (QED) is 0.229. The molecule has 5 rings (SSSR count). The van der Waals surface area contributed by atoms with E-state index >= 15 is 0 Å². The fraction of sp³-hybridized carbons (Fsp3) is 0.182. The molecule has 4 aromatic carbocycles. The third kappa shape index (κ3) is 6.45. The van der Waals surface area contributed by atoms with E-state index < -0.39 is 30.1 Å². The van der Waals surface area contributed by atoms with Gasteiger partial charge in [0.25, 0.3) is 5.91 Å². The molecule has 0 heterocycles. The van der Waals surface area contributed by atoms with E-state index in [4.69, 9.17) is 9.47 Å². The van der Waals surface area contributed by atoms with E-state index in [1.807, 2.05) is 54.6 Å². The van der Waals surface area contributed by atoms with Gasteiger partial charge >= 0.3 is 12.1 Å². The highest BCUT2D eigenvalue weighted by Crippen LogP contribution is 2.44. The SMILES string of the molecule is C[C@@H](OCc1ccccc1)[C@H](NC(=O)c1ccc(NC(=O)OCC2c3ccccc3-c3ccccc32)cc1)C(=O)O. The standard InChI is InChI=1S/C33H30N2O6/c1-21(40-19-22-9-3-2-4-10-22)30(32(37)38)35-31(36)23-15-17-24(18-16-23)34-33(39)41-20-29-27-13-7-5-11-25(27)26-12-6-8-14-28(26)29/h2-18,21,29-30H,19-20H2,1H3,(H,34,39)(H,35,36)(H,37,38)/t21-,30+/m1/s1. The summed E-state index contributed by atoms with van der Waals surface area (Å²) in [7, 11) is 0. The molecule has 1 aliphatic rings. The van der Waals surface area contributed by atoms with E-state index in [2.05, 4.69) is 34.9 Å². The Kier molecular flexibility index (Phi) is 8.41. The molecule has 41 heavy (non-hydrogen) atoms. The highest BCUT2D eigenvalue weighted by Gasteiger charge is 2.29. The summed E-state index contributed by atoms with van der Waals surface area (Å²) in [5.41, 5.74) is 6.11. The molecule has 0 aliphatic heterocycles. The topological polar surface area (TPSA) is 114 Å². The average Bonchev–Trinajstić information content (AvgIpc) is 3.32. The molecular formula is C33H30N2O6. The normalized spacial score (nSPS) is 13.4. The number of benzene rings is 4. The highest BCUT2D eigenvalue weighted by molar-refractivity contribution is 5.97. The molecule has 0 fully saturated rings. The van der Waals surface area contributed by atoms with Crippen LogP contribution in [0.4, 0.5) is 10.5 Å². The van der Waals surface area contributed by atoms with Crippen molar-refractivity contribution in [3.8, 4) is 11.1 Å². The Balaban J connectivity index is 1.15. The van der Waals surface area contributed by atoms with Gasteiger partial charge in [-0.25, -0.2) is 9.59 Å². The Morgan fingerprint density at radius 3 is 2.00 bits per heavy atom. The number of rotatable bonds is 10. The second kappa shape index (κ2) is 12.5. The first-order valence-electron chi connectivity index (χ1n) is 13.3. The number of ether oxygens (including phenoxy) is 2. The van der Waals surface area contributed by atoms with Crippen molar-refractivity contribution in [3.05, 3.63) is 125 Å². The fourth-order valence-electron chi connectivity index (χ4n) is 4.96. The molecule has 0 radical (unpaired) electrons. The molecule has 0 spiro atoms. The zero-order valence-electron chi connectivity index (χ0n) is 22.4. The Labute approximate surface area is 237 Å². The van der Waals surface area contributed by atoms with Gasteiger partial charge in [0.05, 0.1) is 12.7 Å². The third-order valence-corrected chi connectivity index (χ3v) is 7.11. The zero-order chi connectivity index (χ0) is 28.8. The summed E-state index contributed by atoms with van der Waals surface area (Å²) in [4.78, 5) is 37.2. The van der Waals surface area contributed by atoms with Crippen molar-refractivity contribution in [2.24, 2.45) is 0 Å². The number of anilines is 1.